The van der Waals surface area contributed by atoms with Gasteiger partial charge < -0.3 is 18.1 Å². The first-order chi connectivity index (χ1) is 29.2. The van der Waals surface area contributed by atoms with Crippen molar-refractivity contribution in [1.82, 2.24) is 0 Å². The largest absolute Gasteiger partial charge is 0.465 e. The number of ketones is 1. The van der Waals surface area contributed by atoms with Crippen molar-refractivity contribution in [1.29, 1.82) is 0 Å². The lowest BCUT2D eigenvalue weighted by Gasteiger charge is -2.26. The number of carbonyl (C=O) groups is 3. The molecule has 11 heteroatoms. The molecule has 0 spiro atoms. The first-order valence-corrected chi connectivity index (χ1v) is 23.3. The molecule has 9 nitrogen and oxygen atoms in total. The van der Waals surface area contributed by atoms with Crippen molar-refractivity contribution in [3.05, 3.63) is 186 Å². The van der Waals surface area contributed by atoms with Gasteiger partial charge >= 0.3 is 27.1 Å². The van der Waals surface area contributed by atoms with Crippen LogP contribution in [0, 0.1) is 83.1 Å². The maximum Gasteiger partial charge on any atom is 0.465 e. The van der Waals surface area contributed by atoms with E-state index in [1.54, 1.807) is 142 Å². The van der Waals surface area contributed by atoms with E-state index < -0.39 is 32.9 Å². The maximum absolute atomic E-state index is 15.5. The summed E-state index contributed by atoms with van der Waals surface area (Å²) in [6, 6.07) is 27.6. The van der Waals surface area contributed by atoms with E-state index in [1.165, 1.54) is 0 Å². The van der Waals surface area contributed by atoms with Gasteiger partial charge in [-0.1, -0.05) is 83.9 Å². The highest BCUT2D eigenvalue weighted by molar-refractivity contribution is 7.63. The standard InChI is InChI=1S/C51H52O9P2/c1-29-23-31(3)43(32(4)24-29)50(53)59-61(55,57-41-19-15-13-16-20-41)48-37(9)27-35(7)45(39(48)11)47(52)46-36(8)28-38(10)49(40(46)12)62(56,58-42-21-17-14-18-22-42)60-51(54)44-33(5)25-30(2)26-34(44)6/h13-28H,1-12H3. The van der Waals surface area contributed by atoms with Crippen LogP contribution >= 0.6 is 15.2 Å². The molecule has 0 aliphatic heterocycles. The van der Waals surface area contributed by atoms with Crippen molar-refractivity contribution in [2.24, 2.45) is 0 Å². The molecule has 0 saturated carbocycles. The van der Waals surface area contributed by atoms with Gasteiger partial charge in [-0.15, -0.1) is 0 Å². The summed E-state index contributed by atoms with van der Waals surface area (Å²) in [5, 5.41) is 0.120. The molecule has 6 aromatic carbocycles. The molecule has 0 fully saturated rings. The molecule has 6 rings (SSSR count). The molecular weight excluding hydrogens is 818 g/mol. The summed E-state index contributed by atoms with van der Waals surface area (Å²) in [6.07, 6.45) is 0. The van der Waals surface area contributed by atoms with E-state index in [1.807, 2.05) is 38.1 Å². The van der Waals surface area contributed by atoms with E-state index in [0.29, 0.717) is 44.5 Å². The second-order valence-corrected chi connectivity index (χ2v) is 19.8. The quantitative estimate of drug-likeness (QED) is 0.0873. The minimum Gasteiger partial charge on any atom is -0.413 e. The smallest absolute Gasteiger partial charge is 0.413 e. The Morgan fingerprint density at radius 3 is 0.984 bits per heavy atom. The summed E-state index contributed by atoms with van der Waals surface area (Å²) in [7, 11) is -9.21. The molecule has 0 bridgehead atoms. The van der Waals surface area contributed by atoms with Crippen LogP contribution in [0.25, 0.3) is 0 Å². The number of hydrogen-bond acceptors (Lipinski definition) is 9. The van der Waals surface area contributed by atoms with Crippen molar-refractivity contribution in [2.45, 2.75) is 83.1 Å². The highest BCUT2D eigenvalue weighted by atomic mass is 31.2. The molecular formula is C51H52O9P2. The monoisotopic (exact) mass is 870 g/mol. The van der Waals surface area contributed by atoms with Crippen LogP contribution in [0.15, 0.2) is 97.1 Å². The summed E-state index contributed by atoms with van der Waals surface area (Å²) in [5.41, 5.74) is 8.02. The minimum atomic E-state index is -4.61. The Balaban J connectivity index is 1.53. The Morgan fingerprint density at radius 2 is 0.677 bits per heavy atom. The van der Waals surface area contributed by atoms with Crippen molar-refractivity contribution in [2.75, 3.05) is 0 Å². The van der Waals surface area contributed by atoms with Gasteiger partial charge in [0.25, 0.3) is 0 Å². The van der Waals surface area contributed by atoms with Gasteiger partial charge in [0.1, 0.15) is 11.5 Å². The van der Waals surface area contributed by atoms with Gasteiger partial charge in [-0.25, -0.2) is 18.7 Å². The number of para-hydroxylation sites is 2. The van der Waals surface area contributed by atoms with Crippen LogP contribution in [0.5, 0.6) is 11.5 Å². The summed E-state index contributed by atoms with van der Waals surface area (Å²) < 4.78 is 55.4. The van der Waals surface area contributed by atoms with E-state index in [2.05, 4.69) is 0 Å². The van der Waals surface area contributed by atoms with E-state index in [9.17, 15) is 9.59 Å². The molecule has 0 saturated heterocycles. The number of carbonyl (C=O) groups excluding carboxylic acids is 3. The predicted molar refractivity (Wildman–Crippen MR) is 245 cm³/mol. The fourth-order valence-corrected chi connectivity index (χ4v) is 12.7. The van der Waals surface area contributed by atoms with E-state index in [0.717, 1.165) is 11.1 Å². The highest BCUT2D eigenvalue weighted by Gasteiger charge is 2.42. The van der Waals surface area contributed by atoms with Crippen molar-refractivity contribution in [3.63, 3.8) is 0 Å². The number of aryl methyl sites for hydroxylation is 10. The molecule has 62 heavy (non-hydrogen) atoms. The lowest BCUT2D eigenvalue weighted by Crippen LogP contribution is -2.27. The van der Waals surface area contributed by atoms with E-state index in [-0.39, 0.29) is 55.5 Å². The van der Waals surface area contributed by atoms with E-state index >= 15 is 13.9 Å². The Morgan fingerprint density at radius 1 is 0.387 bits per heavy atom. The number of rotatable bonds is 12. The third kappa shape index (κ3) is 8.97. The van der Waals surface area contributed by atoms with Crippen LogP contribution in [0.4, 0.5) is 0 Å². The molecule has 2 unspecified atom stereocenters. The molecule has 0 amide bonds. The van der Waals surface area contributed by atoms with Crippen molar-refractivity contribution < 1.29 is 41.6 Å². The van der Waals surface area contributed by atoms with Gasteiger partial charge in [0.15, 0.2) is 5.78 Å². The van der Waals surface area contributed by atoms with Crippen LogP contribution in [-0.2, 0) is 18.2 Å². The fourth-order valence-electron chi connectivity index (χ4n) is 8.79. The minimum absolute atomic E-state index is 0.0598. The highest BCUT2D eigenvalue weighted by Crippen LogP contribution is 2.52. The molecule has 0 heterocycles. The van der Waals surface area contributed by atoms with Gasteiger partial charge in [0.2, 0.25) is 0 Å². The maximum atomic E-state index is 15.5. The molecule has 320 valence electrons. The zero-order valence-electron chi connectivity index (χ0n) is 37.3. The van der Waals surface area contributed by atoms with Crippen molar-refractivity contribution >= 4 is 43.5 Å². The van der Waals surface area contributed by atoms with Gasteiger partial charge in [-0.05, 0) is 163 Å². The SMILES string of the molecule is Cc1cc(C)c(C(=O)OP(=O)(Oc2ccccc2)c2c(C)cc(C)c(C(=O)c3c(C)cc(C)c(P(=O)(OC(=O)c4c(C)cc(C)cc4C)Oc4ccccc4)c3C)c2C)c(C)c1. The molecule has 0 aromatic heterocycles. The summed E-state index contributed by atoms with van der Waals surface area (Å²) in [6.45, 7) is 21.3. The van der Waals surface area contributed by atoms with Gasteiger partial charge in [0.05, 0.1) is 21.7 Å². The van der Waals surface area contributed by atoms with Crippen LogP contribution in [0.3, 0.4) is 0 Å². The van der Waals surface area contributed by atoms with Crippen LogP contribution in [-0.4, -0.2) is 17.7 Å². The lowest BCUT2D eigenvalue weighted by molar-refractivity contribution is 0.0711. The predicted octanol–water partition coefficient (Wildman–Crippen LogP) is 12.1. The zero-order valence-corrected chi connectivity index (χ0v) is 39.1. The molecule has 6 aromatic rings. The molecule has 2 atom stereocenters. The van der Waals surface area contributed by atoms with Crippen LogP contribution < -0.4 is 19.7 Å². The topological polar surface area (TPSA) is 122 Å². The summed E-state index contributed by atoms with van der Waals surface area (Å²) in [5.74, 6) is -1.75. The molecule has 0 aliphatic carbocycles. The summed E-state index contributed by atoms with van der Waals surface area (Å²) >= 11 is 0. The van der Waals surface area contributed by atoms with Crippen LogP contribution in [0.2, 0.25) is 0 Å². The van der Waals surface area contributed by atoms with Crippen LogP contribution in [0.1, 0.15) is 103 Å². The van der Waals surface area contributed by atoms with Gasteiger partial charge in [-0.2, -0.15) is 0 Å². The molecule has 0 radical (unpaired) electrons. The van der Waals surface area contributed by atoms with E-state index in [4.69, 9.17) is 18.1 Å². The number of benzene rings is 6. The third-order valence-electron chi connectivity index (χ3n) is 11.0. The zero-order chi connectivity index (χ0) is 45.4. The third-order valence-corrected chi connectivity index (χ3v) is 15.2. The van der Waals surface area contributed by atoms with Gasteiger partial charge in [0, 0.05) is 11.1 Å². The normalized spacial score (nSPS) is 13.1. The Labute approximate surface area is 364 Å². The summed E-state index contributed by atoms with van der Waals surface area (Å²) in [4.78, 5) is 43.5. The Kier molecular flexibility index (Phi) is 13.0. The first-order valence-electron chi connectivity index (χ1n) is 20.3. The average molecular weight is 871 g/mol. The lowest BCUT2D eigenvalue weighted by atomic mass is 9.88. The Hall–Kier alpha value is -6.01. The van der Waals surface area contributed by atoms with Crippen molar-refractivity contribution in [3.8, 4) is 11.5 Å². The fraction of sp³-hybridized carbons (Fsp3) is 0.235. The van der Waals surface area contributed by atoms with Gasteiger partial charge in [-0.3, -0.25) is 4.79 Å². The average Bonchev–Trinajstić information content (AvgIpc) is 3.14. The molecule has 0 N–H and O–H groups in total. The first kappa shape index (κ1) is 45.5. The Bertz CT molecular complexity index is 2640. The second kappa shape index (κ2) is 17.8. The number of hydrogen-bond donors (Lipinski definition) is 0. The molecule has 0 aliphatic rings. The second-order valence-electron chi connectivity index (χ2n) is 16.2.